The molecule has 0 spiro atoms. The van der Waals surface area contributed by atoms with Gasteiger partial charge in [-0.2, -0.15) is 0 Å². The third-order valence-corrected chi connectivity index (χ3v) is 2.82. The fourth-order valence-electron chi connectivity index (χ4n) is 1.86. The zero-order valence-electron chi connectivity index (χ0n) is 7.22. The predicted molar refractivity (Wildman–Crippen MR) is 45.5 cm³/mol. The molecule has 0 heterocycles. The van der Waals surface area contributed by atoms with E-state index in [0.717, 1.165) is 12.5 Å². The molecule has 0 N–H and O–H groups in total. The molecule has 2 saturated carbocycles. The molecule has 0 radical (unpaired) electrons. The molecular weight excluding hydrogens is 136 g/mol. The van der Waals surface area contributed by atoms with Crippen LogP contribution in [0.15, 0.2) is 0 Å². The van der Waals surface area contributed by atoms with Gasteiger partial charge in [0, 0.05) is 6.61 Å². The van der Waals surface area contributed by atoms with Gasteiger partial charge >= 0.3 is 0 Å². The molecule has 2 fully saturated rings. The van der Waals surface area contributed by atoms with Crippen molar-refractivity contribution in [1.29, 1.82) is 0 Å². The summed E-state index contributed by atoms with van der Waals surface area (Å²) in [6, 6.07) is 0. The summed E-state index contributed by atoms with van der Waals surface area (Å²) in [5, 5.41) is 0. The molecule has 0 bridgehead atoms. The zero-order chi connectivity index (χ0) is 7.52. The van der Waals surface area contributed by atoms with Crippen molar-refractivity contribution in [3.63, 3.8) is 0 Å². The molecule has 11 heavy (non-hydrogen) atoms. The second-order valence-corrected chi connectivity index (χ2v) is 4.04. The minimum absolute atomic E-state index is 0.664. The lowest BCUT2D eigenvalue weighted by molar-refractivity contribution is 0.0732. The first-order valence-corrected chi connectivity index (χ1v) is 5.07. The average Bonchev–Trinajstić information content (AvgIpc) is 2.86. The van der Waals surface area contributed by atoms with Crippen molar-refractivity contribution < 1.29 is 4.74 Å². The predicted octanol–water partition coefficient (Wildman–Crippen LogP) is 2.75. The molecule has 0 unspecified atom stereocenters. The quantitative estimate of drug-likeness (QED) is 0.607. The molecule has 2 rings (SSSR count). The summed E-state index contributed by atoms with van der Waals surface area (Å²) in [5.74, 6) is 0.907. The van der Waals surface area contributed by atoms with E-state index in [9.17, 15) is 0 Å². The van der Waals surface area contributed by atoms with E-state index >= 15 is 0 Å². The number of hydrogen-bond donors (Lipinski definition) is 0. The Labute approximate surface area is 69.1 Å². The van der Waals surface area contributed by atoms with Gasteiger partial charge in [0.25, 0.3) is 0 Å². The largest absolute Gasteiger partial charge is 0.378 e. The Kier molecular flexibility index (Phi) is 2.47. The van der Waals surface area contributed by atoms with Crippen molar-refractivity contribution in [2.75, 3.05) is 6.61 Å². The first-order valence-electron chi connectivity index (χ1n) is 5.07. The molecule has 1 heteroatoms. The second-order valence-electron chi connectivity index (χ2n) is 4.04. The Morgan fingerprint density at radius 1 is 0.909 bits per heavy atom. The summed E-state index contributed by atoms with van der Waals surface area (Å²) in [7, 11) is 0. The third kappa shape index (κ3) is 2.48. The summed E-state index contributed by atoms with van der Waals surface area (Å²) in [6.07, 6.45) is 10.5. The zero-order valence-corrected chi connectivity index (χ0v) is 7.22. The van der Waals surface area contributed by atoms with Crippen LogP contribution in [0.1, 0.15) is 44.9 Å². The number of hydrogen-bond acceptors (Lipinski definition) is 1. The molecule has 0 aliphatic heterocycles. The second kappa shape index (κ2) is 3.57. The minimum Gasteiger partial charge on any atom is -0.378 e. The molecule has 0 atom stereocenters. The maximum absolute atomic E-state index is 5.69. The molecule has 1 nitrogen and oxygen atoms in total. The molecule has 0 aromatic rings. The van der Waals surface area contributed by atoms with Crippen LogP contribution in [0.25, 0.3) is 0 Å². The first-order chi connectivity index (χ1) is 5.45. The number of rotatable bonds is 3. The van der Waals surface area contributed by atoms with Crippen LogP contribution in [0.4, 0.5) is 0 Å². The highest BCUT2D eigenvalue weighted by Crippen LogP contribution is 2.28. The van der Waals surface area contributed by atoms with Crippen LogP contribution in [0.5, 0.6) is 0 Å². The van der Waals surface area contributed by atoms with Crippen molar-refractivity contribution in [3.8, 4) is 0 Å². The van der Waals surface area contributed by atoms with Crippen molar-refractivity contribution >= 4 is 0 Å². The number of ether oxygens (including phenoxy) is 1. The van der Waals surface area contributed by atoms with Gasteiger partial charge < -0.3 is 4.74 Å². The van der Waals surface area contributed by atoms with Crippen LogP contribution < -0.4 is 0 Å². The Balaban J connectivity index is 1.59. The molecule has 2 aliphatic carbocycles. The fraction of sp³-hybridized carbons (Fsp3) is 1.00. The summed E-state index contributed by atoms with van der Waals surface area (Å²) in [6.45, 7) is 1.06. The van der Waals surface area contributed by atoms with Crippen molar-refractivity contribution in [3.05, 3.63) is 0 Å². The van der Waals surface area contributed by atoms with E-state index in [4.69, 9.17) is 4.74 Å². The van der Waals surface area contributed by atoms with E-state index in [2.05, 4.69) is 0 Å². The molecule has 0 aromatic heterocycles. The van der Waals surface area contributed by atoms with Crippen molar-refractivity contribution in [2.45, 2.75) is 51.0 Å². The normalized spacial score (nSPS) is 27.3. The van der Waals surface area contributed by atoms with Gasteiger partial charge in [-0.25, -0.2) is 0 Å². The molecule has 0 saturated heterocycles. The lowest BCUT2D eigenvalue weighted by atomic mass is 9.90. The molecule has 0 amide bonds. The van der Waals surface area contributed by atoms with E-state index in [1.165, 1.54) is 44.9 Å². The monoisotopic (exact) mass is 154 g/mol. The third-order valence-electron chi connectivity index (χ3n) is 2.82. The van der Waals surface area contributed by atoms with Crippen LogP contribution in [0, 0.1) is 5.92 Å². The first kappa shape index (κ1) is 7.60. The van der Waals surface area contributed by atoms with Crippen LogP contribution in [0.2, 0.25) is 0 Å². The van der Waals surface area contributed by atoms with Gasteiger partial charge in [0.15, 0.2) is 0 Å². The Hall–Kier alpha value is -0.0400. The van der Waals surface area contributed by atoms with Crippen molar-refractivity contribution in [2.24, 2.45) is 5.92 Å². The van der Waals surface area contributed by atoms with Crippen LogP contribution in [-0.4, -0.2) is 12.7 Å². The van der Waals surface area contributed by atoms with Crippen molar-refractivity contribution in [1.82, 2.24) is 0 Å². The van der Waals surface area contributed by atoms with Gasteiger partial charge in [-0.05, 0) is 31.6 Å². The summed E-state index contributed by atoms with van der Waals surface area (Å²) >= 11 is 0. The van der Waals surface area contributed by atoms with Crippen LogP contribution >= 0.6 is 0 Å². The highest BCUT2D eigenvalue weighted by atomic mass is 16.5. The molecule has 2 aliphatic rings. The summed E-state index contributed by atoms with van der Waals surface area (Å²) < 4.78 is 5.69. The fourth-order valence-corrected chi connectivity index (χ4v) is 1.86. The van der Waals surface area contributed by atoms with Crippen LogP contribution in [-0.2, 0) is 4.74 Å². The molecule has 64 valence electrons. The van der Waals surface area contributed by atoms with E-state index in [0.29, 0.717) is 6.10 Å². The van der Waals surface area contributed by atoms with E-state index < -0.39 is 0 Å². The molecular formula is C10H18O. The van der Waals surface area contributed by atoms with Gasteiger partial charge in [0.2, 0.25) is 0 Å². The summed E-state index contributed by atoms with van der Waals surface area (Å²) in [4.78, 5) is 0. The minimum atomic E-state index is 0.664. The van der Waals surface area contributed by atoms with Crippen LogP contribution in [0.3, 0.4) is 0 Å². The standard InChI is InChI=1S/C10H18O/c1-2-4-9(5-3-1)8-11-10-6-7-10/h9-10H,1-8H2. The topological polar surface area (TPSA) is 9.23 Å². The molecule has 0 aromatic carbocycles. The highest BCUT2D eigenvalue weighted by molar-refractivity contribution is 4.74. The van der Waals surface area contributed by atoms with Gasteiger partial charge in [0.05, 0.1) is 6.10 Å². The smallest absolute Gasteiger partial charge is 0.0577 e. The highest BCUT2D eigenvalue weighted by Gasteiger charge is 2.23. The van der Waals surface area contributed by atoms with E-state index in [1.807, 2.05) is 0 Å². The SMILES string of the molecule is C1CCC(COC2CC2)CC1. The Bertz CT molecular complexity index is 112. The van der Waals surface area contributed by atoms with Gasteiger partial charge in [-0.1, -0.05) is 19.3 Å². The summed E-state index contributed by atoms with van der Waals surface area (Å²) in [5.41, 5.74) is 0. The Morgan fingerprint density at radius 2 is 1.64 bits per heavy atom. The van der Waals surface area contributed by atoms with E-state index in [-0.39, 0.29) is 0 Å². The van der Waals surface area contributed by atoms with Gasteiger partial charge in [0.1, 0.15) is 0 Å². The maximum atomic E-state index is 5.69. The Morgan fingerprint density at radius 3 is 2.27 bits per heavy atom. The van der Waals surface area contributed by atoms with E-state index in [1.54, 1.807) is 0 Å². The van der Waals surface area contributed by atoms with Gasteiger partial charge in [-0.3, -0.25) is 0 Å². The van der Waals surface area contributed by atoms with Gasteiger partial charge in [-0.15, -0.1) is 0 Å². The maximum Gasteiger partial charge on any atom is 0.0577 e. The lowest BCUT2D eigenvalue weighted by Gasteiger charge is -2.21. The average molecular weight is 154 g/mol. The lowest BCUT2D eigenvalue weighted by Crippen LogP contribution is -2.13.